The molecule has 0 radical (unpaired) electrons. The van der Waals surface area contributed by atoms with E-state index in [1.165, 1.54) is 4.57 Å². The Morgan fingerprint density at radius 1 is 1.19 bits per heavy atom. The topological polar surface area (TPSA) is 91.3 Å². The van der Waals surface area contributed by atoms with E-state index in [-0.39, 0.29) is 36.2 Å². The average molecular weight is 457 g/mol. The monoisotopic (exact) mass is 456 g/mol. The van der Waals surface area contributed by atoms with Crippen molar-refractivity contribution in [2.75, 3.05) is 6.61 Å². The van der Waals surface area contributed by atoms with Crippen LogP contribution in [0.3, 0.4) is 0 Å². The third kappa shape index (κ3) is 4.16. The first-order chi connectivity index (χ1) is 15.4. The van der Waals surface area contributed by atoms with E-state index in [2.05, 4.69) is 4.98 Å². The van der Waals surface area contributed by atoms with Crippen LogP contribution in [-0.4, -0.2) is 30.4 Å². The number of fused-ring (bicyclic) bond motifs is 1. The molecule has 1 N–H and O–H groups in total. The van der Waals surface area contributed by atoms with Crippen molar-refractivity contribution in [3.05, 3.63) is 73.9 Å². The Bertz CT molecular complexity index is 1320. The van der Waals surface area contributed by atoms with E-state index in [1.54, 1.807) is 23.7 Å². The van der Waals surface area contributed by atoms with Crippen molar-refractivity contribution < 1.29 is 9.84 Å². The van der Waals surface area contributed by atoms with E-state index in [9.17, 15) is 14.7 Å². The number of halogens is 1. The van der Waals surface area contributed by atoms with Crippen molar-refractivity contribution in [3.8, 4) is 11.8 Å². The average Bonchev–Trinajstić information content (AvgIpc) is 3.13. The molecular weight excluding hydrogens is 432 g/mol. The summed E-state index contributed by atoms with van der Waals surface area (Å²) in [5, 5.41) is 9.98. The number of aliphatic hydroxyl groups excluding tert-OH is 1. The molecule has 0 amide bonds. The van der Waals surface area contributed by atoms with Crippen LogP contribution < -0.4 is 16.0 Å². The molecule has 0 bridgehead atoms. The van der Waals surface area contributed by atoms with Gasteiger partial charge in [-0.05, 0) is 42.5 Å². The second-order valence-electron chi connectivity index (χ2n) is 7.93. The van der Waals surface area contributed by atoms with E-state index in [0.717, 1.165) is 21.6 Å². The van der Waals surface area contributed by atoms with Gasteiger partial charge in [-0.2, -0.15) is 4.98 Å². The first-order valence-electron chi connectivity index (χ1n) is 10.5. The number of hydrogen-bond donors (Lipinski definition) is 1. The lowest BCUT2D eigenvalue weighted by Gasteiger charge is -2.19. The second-order valence-corrected chi connectivity index (χ2v) is 8.36. The largest absolute Gasteiger partial charge is 0.425 e. The van der Waals surface area contributed by atoms with Crippen LogP contribution in [0.5, 0.6) is 11.8 Å². The minimum atomic E-state index is -0.480. The quantitative estimate of drug-likeness (QED) is 0.589. The number of aromatic nitrogens is 4. The Morgan fingerprint density at radius 2 is 1.94 bits per heavy atom. The molecule has 0 saturated heterocycles. The minimum absolute atomic E-state index is 0.118. The van der Waals surface area contributed by atoms with Gasteiger partial charge >= 0.3 is 11.7 Å². The Morgan fingerprint density at radius 3 is 2.62 bits per heavy atom. The molecule has 4 rings (SSSR count). The van der Waals surface area contributed by atoms with Gasteiger partial charge in [-0.1, -0.05) is 42.8 Å². The third-order valence-corrected chi connectivity index (χ3v) is 6.07. The number of aryl methyl sites for hydroxylation is 1. The SMILES string of the molecule is CC1CC(Cn2c(Oc3ccccc3)nc3c2c(=O)n(CCCO)c(=O)n3C)=CC=C1Cl. The molecule has 0 spiro atoms. The van der Waals surface area contributed by atoms with Gasteiger partial charge in [0.2, 0.25) is 0 Å². The summed E-state index contributed by atoms with van der Waals surface area (Å²) in [6.45, 7) is 2.42. The molecule has 2 aromatic heterocycles. The van der Waals surface area contributed by atoms with Crippen LogP contribution in [-0.2, 0) is 20.1 Å². The smallest absolute Gasteiger partial charge is 0.332 e. The third-order valence-electron chi connectivity index (χ3n) is 5.57. The van der Waals surface area contributed by atoms with Gasteiger partial charge in [0.05, 0.1) is 0 Å². The van der Waals surface area contributed by atoms with E-state index >= 15 is 0 Å². The number of aliphatic hydroxyl groups is 1. The lowest BCUT2D eigenvalue weighted by Crippen LogP contribution is -2.40. The zero-order valence-electron chi connectivity index (χ0n) is 18.0. The van der Waals surface area contributed by atoms with Crippen LogP contribution in [0.1, 0.15) is 19.8 Å². The maximum absolute atomic E-state index is 13.4. The fourth-order valence-electron chi connectivity index (χ4n) is 3.84. The predicted octanol–water partition coefficient (Wildman–Crippen LogP) is 3.16. The molecule has 9 heteroatoms. The summed E-state index contributed by atoms with van der Waals surface area (Å²) < 4.78 is 10.2. The Hall–Kier alpha value is -3.10. The number of rotatable bonds is 7. The summed E-state index contributed by atoms with van der Waals surface area (Å²) in [5.74, 6) is 0.749. The molecule has 1 atom stereocenters. The van der Waals surface area contributed by atoms with Gasteiger partial charge in [0.15, 0.2) is 11.2 Å². The lowest BCUT2D eigenvalue weighted by molar-refractivity contribution is 0.277. The van der Waals surface area contributed by atoms with Crippen molar-refractivity contribution in [1.29, 1.82) is 0 Å². The fourth-order valence-corrected chi connectivity index (χ4v) is 3.98. The molecule has 8 nitrogen and oxygen atoms in total. The number of nitrogens with zero attached hydrogens (tertiary/aromatic N) is 4. The van der Waals surface area contributed by atoms with Crippen LogP contribution in [0.2, 0.25) is 0 Å². The van der Waals surface area contributed by atoms with Crippen LogP contribution >= 0.6 is 11.6 Å². The highest BCUT2D eigenvalue weighted by atomic mass is 35.5. The number of benzene rings is 1. The lowest BCUT2D eigenvalue weighted by atomic mass is 9.95. The number of para-hydroxylation sites is 1. The van der Waals surface area contributed by atoms with E-state index in [0.29, 0.717) is 18.7 Å². The molecule has 2 heterocycles. The number of imidazole rings is 1. The zero-order valence-corrected chi connectivity index (χ0v) is 18.7. The van der Waals surface area contributed by atoms with Crippen molar-refractivity contribution in [3.63, 3.8) is 0 Å². The standard InChI is InChI=1S/C23H25ClN4O4/c1-15-13-16(9-10-18(15)24)14-28-19-20(25-22(28)32-17-7-4-3-5-8-17)26(2)23(31)27(21(19)30)11-6-12-29/h3-5,7-10,15,29H,6,11-14H2,1-2H3. The normalized spacial score (nSPS) is 16.2. The molecule has 1 unspecified atom stereocenters. The van der Waals surface area contributed by atoms with Crippen molar-refractivity contribution in [2.45, 2.75) is 32.9 Å². The number of ether oxygens (including phenoxy) is 1. The first-order valence-corrected chi connectivity index (χ1v) is 10.9. The van der Waals surface area contributed by atoms with E-state index < -0.39 is 11.2 Å². The minimum Gasteiger partial charge on any atom is -0.425 e. The maximum Gasteiger partial charge on any atom is 0.332 e. The highest BCUT2D eigenvalue weighted by molar-refractivity contribution is 6.30. The highest BCUT2D eigenvalue weighted by Crippen LogP contribution is 2.31. The Labute approximate surface area is 189 Å². The molecule has 1 aliphatic rings. The molecule has 1 aliphatic carbocycles. The molecule has 168 valence electrons. The summed E-state index contributed by atoms with van der Waals surface area (Å²) in [5.41, 5.74) is 0.667. The van der Waals surface area contributed by atoms with Crippen LogP contribution in [0, 0.1) is 5.92 Å². The van der Waals surface area contributed by atoms with Gasteiger partial charge in [0.25, 0.3) is 5.56 Å². The summed E-state index contributed by atoms with van der Waals surface area (Å²) in [6.07, 6.45) is 4.86. The van der Waals surface area contributed by atoms with E-state index in [1.807, 2.05) is 37.3 Å². The van der Waals surface area contributed by atoms with Crippen LogP contribution in [0.4, 0.5) is 0 Å². The molecule has 3 aromatic rings. The summed E-state index contributed by atoms with van der Waals surface area (Å²) in [7, 11) is 1.58. The first kappa shape index (κ1) is 22.1. The molecule has 0 saturated carbocycles. The zero-order chi connectivity index (χ0) is 22.8. The van der Waals surface area contributed by atoms with Crippen LogP contribution in [0.15, 0.2) is 62.7 Å². The van der Waals surface area contributed by atoms with Crippen molar-refractivity contribution in [1.82, 2.24) is 18.7 Å². The van der Waals surface area contributed by atoms with Gasteiger partial charge in [-0.25, -0.2) is 4.79 Å². The molecular formula is C23H25ClN4O4. The van der Waals surface area contributed by atoms with Gasteiger partial charge in [0, 0.05) is 31.8 Å². The van der Waals surface area contributed by atoms with Gasteiger partial charge < -0.3 is 9.84 Å². The fraction of sp³-hybridized carbons (Fsp3) is 0.348. The molecule has 32 heavy (non-hydrogen) atoms. The van der Waals surface area contributed by atoms with Gasteiger partial charge in [-0.15, -0.1) is 0 Å². The number of allylic oxidation sites excluding steroid dienone is 4. The van der Waals surface area contributed by atoms with Gasteiger partial charge in [0.1, 0.15) is 5.75 Å². The second kappa shape index (κ2) is 9.18. The number of hydrogen-bond acceptors (Lipinski definition) is 5. The maximum atomic E-state index is 13.4. The van der Waals surface area contributed by atoms with Gasteiger partial charge in [-0.3, -0.25) is 18.5 Å². The molecule has 0 fully saturated rings. The van der Waals surface area contributed by atoms with E-state index in [4.69, 9.17) is 16.3 Å². The predicted molar refractivity (Wildman–Crippen MR) is 123 cm³/mol. The Kier molecular flexibility index (Phi) is 6.34. The molecule has 1 aromatic carbocycles. The van der Waals surface area contributed by atoms with Crippen molar-refractivity contribution in [2.24, 2.45) is 13.0 Å². The highest BCUT2D eigenvalue weighted by Gasteiger charge is 2.23. The Balaban J connectivity index is 1.90. The van der Waals surface area contributed by atoms with Crippen LogP contribution in [0.25, 0.3) is 11.2 Å². The molecule has 0 aliphatic heterocycles. The summed E-state index contributed by atoms with van der Waals surface area (Å²) >= 11 is 6.24. The van der Waals surface area contributed by atoms with Crippen molar-refractivity contribution >= 4 is 22.8 Å². The summed E-state index contributed by atoms with van der Waals surface area (Å²) in [4.78, 5) is 30.7. The summed E-state index contributed by atoms with van der Waals surface area (Å²) in [6, 6.07) is 9.40.